The lowest BCUT2D eigenvalue weighted by Gasteiger charge is -2.27. The summed E-state index contributed by atoms with van der Waals surface area (Å²) in [6, 6.07) is 3.90. The first kappa shape index (κ1) is 15.9. The zero-order valence-electron chi connectivity index (χ0n) is 13.3. The van der Waals surface area contributed by atoms with Gasteiger partial charge in [-0.2, -0.15) is 0 Å². The minimum Gasteiger partial charge on any atom is -0.399 e. The molecule has 0 bridgehead atoms. The molecule has 0 aromatic carbocycles. The third kappa shape index (κ3) is 3.69. The average Bonchev–Trinajstić information content (AvgIpc) is 2.63. The van der Waals surface area contributed by atoms with Crippen molar-refractivity contribution in [2.24, 2.45) is 5.16 Å². The summed E-state index contributed by atoms with van der Waals surface area (Å²) in [4.78, 5) is 19.5. The highest BCUT2D eigenvalue weighted by Gasteiger charge is 2.13. The molecule has 24 heavy (non-hydrogen) atoms. The van der Waals surface area contributed by atoms with Gasteiger partial charge < -0.3 is 25.5 Å². The lowest BCUT2D eigenvalue weighted by Crippen LogP contribution is -2.36. The Morgan fingerprint density at radius 1 is 1.29 bits per heavy atom. The van der Waals surface area contributed by atoms with E-state index in [1.807, 2.05) is 12.1 Å². The monoisotopic (exact) mass is 329 g/mol. The number of nitrogens with zero attached hydrogens (tertiary/aromatic N) is 5. The first-order chi connectivity index (χ1) is 11.8. The SMILES string of the molecule is CON=Cc1c(N)ncnc1Nc1ccc(N2CCOCC2)nc1. The highest BCUT2D eigenvalue weighted by molar-refractivity contribution is 5.92. The van der Waals surface area contributed by atoms with Crippen molar-refractivity contribution in [3.63, 3.8) is 0 Å². The van der Waals surface area contributed by atoms with Crippen molar-refractivity contribution in [2.75, 3.05) is 49.4 Å². The summed E-state index contributed by atoms with van der Waals surface area (Å²) in [6.07, 6.45) is 4.60. The first-order valence-corrected chi connectivity index (χ1v) is 7.50. The van der Waals surface area contributed by atoms with E-state index < -0.39 is 0 Å². The summed E-state index contributed by atoms with van der Waals surface area (Å²) in [5.41, 5.74) is 7.21. The third-order valence-corrected chi connectivity index (χ3v) is 3.55. The van der Waals surface area contributed by atoms with Gasteiger partial charge in [0.2, 0.25) is 0 Å². The maximum absolute atomic E-state index is 5.87. The average molecular weight is 329 g/mol. The Morgan fingerprint density at radius 3 is 2.83 bits per heavy atom. The molecule has 1 saturated heterocycles. The number of hydrogen-bond donors (Lipinski definition) is 2. The Labute approximate surface area is 139 Å². The molecule has 9 heteroatoms. The van der Waals surface area contributed by atoms with Crippen molar-refractivity contribution in [1.82, 2.24) is 15.0 Å². The van der Waals surface area contributed by atoms with Crippen LogP contribution in [0.2, 0.25) is 0 Å². The van der Waals surface area contributed by atoms with E-state index in [2.05, 4.69) is 30.3 Å². The largest absolute Gasteiger partial charge is 0.399 e. The molecule has 3 heterocycles. The Morgan fingerprint density at radius 2 is 2.12 bits per heavy atom. The van der Waals surface area contributed by atoms with Gasteiger partial charge in [0.15, 0.2) is 0 Å². The van der Waals surface area contributed by atoms with Crippen LogP contribution in [0, 0.1) is 0 Å². The van der Waals surface area contributed by atoms with E-state index in [0.29, 0.717) is 17.2 Å². The number of oxime groups is 1. The fourth-order valence-corrected chi connectivity index (χ4v) is 2.32. The van der Waals surface area contributed by atoms with E-state index in [1.54, 1.807) is 6.20 Å². The Balaban J connectivity index is 1.76. The minimum absolute atomic E-state index is 0.311. The standard InChI is InChI=1S/C15H19N7O2/c1-23-20-9-12-14(16)18-10-19-15(12)21-11-2-3-13(17-8-11)22-4-6-24-7-5-22/h2-3,8-10H,4-7H2,1H3,(H3,16,18,19,21). The maximum atomic E-state index is 5.87. The van der Waals surface area contributed by atoms with Crippen LogP contribution in [0.4, 0.5) is 23.1 Å². The van der Waals surface area contributed by atoms with Crippen molar-refractivity contribution in [2.45, 2.75) is 0 Å². The van der Waals surface area contributed by atoms with Crippen LogP contribution in [0.1, 0.15) is 5.56 Å². The van der Waals surface area contributed by atoms with Crippen molar-refractivity contribution in [3.05, 3.63) is 30.2 Å². The molecule has 2 aromatic heterocycles. The van der Waals surface area contributed by atoms with Crippen LogP contribution in [0.3, 0.4) is 0 Å². The lowest BCUT2D eigenvalue weighted by molar-refractivity contribution is 0.122. The molecule has 1 fully saturated rings. The van der Waals surface area contributed by atoms with Crippen LogP contribution in [0.15, 0.2) is 29.8 Å². The van der Waals surface area contributed by atoms with Gasteiger partial charge in [-0.15, -0.1) is 0 Å². The summed E-state index contributed by atoms with van der Waals surface area (Å²) in [7, 11) is 1.46. The molecule has 3 N–H and O–H groups in total. The Kier molecular flexibility index (Phi) is 5.02. The molecule has 0 radical (unpaired) electrons. The molecule has 0 atom stereocenters. The lowest BCUT2D eigenvalue weighted by atomic mass is 10.3. The van der Waals surface area contributed by atoms with Crippen molar-refractivity contribution < 1.29 is 9.57 Å². The quantitative estimate of drug-likeness (QED) is 0.618. The molecule has 9 nitrogen and oxygen atoms in total. The van der Waals surface area contributed by atoms with E-state index in [9.17, 15) is 0 Å². The van der Waals surface area contributed by atoms with Crippen LogP contribution >= 0.6 is 0 Å². The van der Waals surface area contributed by atoms with Gasteiger partial charge in [0, 0.05) is 13.1 Å². The van der Waals surface area contributed by atoms with E-state index >= 15 is 0 Å². The van der Waals surface area contributed by atoms with E-state index in [1.165, 1.54) is 19.7 Å². The molecular weight excluding hydrogens is 310 g/mol. The number of ether oxygens (including phenoxy) is 1. The van der Waals surface area contributed by atoms with Crippen molar-refractivity contribution >= 4 is 29.4 Å². The van der Waals surface area contributed by atoms with Gasteiger partial charge in [0.1, 0.15) is 30.9 Å². The second-order valence-electron chi connectivity index (χ2n) is 5.07. The van der Waals surface area contributed by atoms with Crippen molar-refractivity contribution in [1.29, 1.82) is 0 Å². The van der Waals surface area contributed by atoms with E-state index in [-0.39, 0.29) is 0 Å². The number of hydrogen-bond acceptors (Lipinski definition) is 9. The van der Waals surface area contributed by atoms with Gasteiger partial charge in [-0.1, -0.05) is 5.16 Å². The molecule has 0 unspecified atom stereocenters. The van der Waals surface area contributed by atoms with Gasteiger partial charge in [-0.3, -0.25) is 0 Å². The van der Waals surface area contributed by atoms with Gasteiger partial charge in [-0.05, 0) is 12.1 Å². The van der Waals surface area contributed by atoms with Gasteiger partial charge in [0.25, 0.3) is 0 Å². The number of rotatable bonds is 5. The maximum Gasteiger partial charge on any atom is 0.144 e. The van der Waals surface area contributed by atoms with Gasteiger partial charge >= 0.3 is 0 Å². The number of nitrogen functional groups attached to an aromatic ring is 1. The highest BCUT2D eigenvalue weighted by Crippen LogP contribution is 2.21. The summed E-state index contributed by atoms with van der Waals surface area (Å²) in [5, 5.41) is 6.89. The van der Waals surface area contributed by atoms with Crippen LogP contribution < -0.4 is 16.0 Å². The molecule has 126 valence electrons. The summed E-state index contributed by atoms with van der Waals surface area (Å²) < 4.78 is 5.35. The molecule has 0 saturated carbocycles. The zero-order valence-corrected chi connectivity index (χ0v) is 13.3. The first-order valence-electron chi connectivity index (χ1n) is 7.50. The predicted molar refractivity (Wildman–Crippen MR) is 91.6 cm³/mol. The van der Waals surface area contributed by atoms with Crippen molar-refractivity contribution in [3.8, 4) is 0 Å². The number of nitrogens with one attached hydrogen (secondary N) is 1. The number of anilines is 4. The normalized spacial score (nSPS) is 14.8. The molecule has 2 aromatic rings. The highest BCUT2D eigenvalue weighted by atomic mass is 16.6. The molecule has 0 spiro atoms. The van der Waals surface area contributed by atoms with Crippen LogP contribution in [-0.4, -0.2) is 54.6 Å². The topological polar surface area (TPSA) is 111 Å². The second-order valence-corrected chi connectivity index (χ2v) is 5.07. The molecular formula is C15H19N7O2. The number of aromatic nitrogens is 3. The Hall–Kier alpha value is -2.94. The summed E-state index contributed by atoms with van der Waals surface area (Å²) in [5.74, 6) is 1.77. The molecule has 1 aliphatic rings. The zero-order chi connectivity index (χ0) is 16.8. The molecule has 0 aliphatic carbocycles. The molecule has 0 amide bonds. The smallest absolute Gasteiger partial charge is 0.144 e. The number of nitrogens with two attached hydrogens (primary N) is 1. The predicted octanol–water partition coefficient (Wildman–Crippen LogP) is 1.01. The molecule has 3 rings (SSSR count). The van der Waals surface area contributed by atoms with Crippen LogP contribution in [0.5, 0.6) is 0 Å². The minimum atomic E-state index is 0.311. The summed E-state index contributed by atoms with van der Waals surface area (Å²) in [6.45, 7) is 3.15. The number of morpholine rings is 1. The van der Waals surface area contributed by atoms with Gasteiger partial charge in [-0.25, -0.2) is 15.0 Å². The van der Waals surface area contributed by atoms with Crippen LogP contribution in [-0.2, 0) is 9.57 Å². The van der Waals surface area contributed by atoms with E-state index in [4.69, 9.17) is 15.3 Å². The third-order valence-electron chi connectivity index (χ3n) is 3.55. The van der Waals surface area contributed by atoms with Gasteiger partial charge in [0.05, 0.1) is 36.9 Å². The van der Waals surface area contributed by atoms with Crippen LogP contribution in [0.25, 0.3) is 0 Å². The van der Waals surface area contributed by atoms with E-state index in [0.717, 1.165) is 37.8 Å². The summed E-state index contributed by atoms with van der Waals surface area (Å²) >= 11 is 0. The second kappa shape index (κ2) is 7.55. The Bertz CT molecular complexity index is 699. The fourth-order valence-electron chi connectivity index (χ4n) is 2.32. The fraction of sp³-hybridized carbons (Fsp3) is 0.333. The molecule has 1 aliphatic heterocycles. The number of pyridine rings is 1.